The van der Waals surface area contributed by atoms with Crippen molar-refractivity contribution < 1.29 is 8.91 Å². The van der Waals surface area contributed by atoms with E-state index in [9.17, 15) is 0 Å². The Bertz CT molecular complexity index is 403. The molecule has 2 nitrogen and oxygen atoms in total. The van der Waals surface area contributed by atoms with Crippen LogP contribution in [-0.2, 0) is 4.43 Å². The topological polar surface area (TPSA) is 9.23 Å². The Labute approximate surface area is 288 Å². The number of quaternary nitrogens is 1. The van der Waals surface area contributed by atoms with Gasteiger partial charge in [0.15, 0.2) is 8.32 Å². The molecule has 0 aromatic rings. The van der Waals surface area contributed by atoms with Crippen molar-refractivity contribution in [3.63, 3.8) is 0 Å². The predicted octanol–water partition coefficient (Wildman–Crippen LogP) is 12.4. The monoisotopic (exact) mass is 882 g/mol. The highest BCUT2D eigenvalue weighted by Gasteiger charge is 2.25. The fourth-order valence-electron chi connectivity index (χ4n) is 5.29. The Balaban J connectivity index is -0.00000181. The molecule has 0 spiro atoms. The maximum Gasteiger partial charge on any atom is 0.186 e. The molecule has 0 aliphatic carbocycles. The fourth-order valence-corrected chi connectivity index (χ4v) is 6.50. The van der Waals surface area contributed by atoms with Gasteiger partial charge in [-0.2, -0.15) is 0 Å². The number of halogens is 3. The van der Waals surface area contributed by atoms with Gasteiger partial charge in [-0.1, -0.05) is 117 Å². The smallest absolute Gasteiger partial charge is 0.186 e. The van der Waals surface area contributed by atoms with Gasteiger partial charge in [0, 0.05) is 7.11 Å². The first-order chi connectivity index (χ1) is 16.4. The highest BCUT2D eigenvalue weighted by atomic mass is 127. The standard InChI is InChI=1S/C31H68NOSi.3HI/c1-7-9-11-13-15-17-19-21-23-25-28-32(3,30-27-31-34(5,6)33-4)29-26-24-22-20-18-16-14-12-10-8-2;;;/h7-31H2,1-6H3;3*1H/q+1;;;. The average Bonchev–Trinajstić information content (AvgIpc) is 2.81. The van der Waals surface area contributed by atoms with E-state index < -0.39 is 8.32 Å². The molecule has 6 heteroatoms. The molecular weight excluding hydrogens is 811 g/mol. The number of hydrogen-bond acceptors (Lipinski definition) is 1. The molecule has 0 unspecified atom stereocenters. The maximum atomic E-state index is 5.82. The molecule has 0 aromatic carbocycles. The lowest BCUT2D eigenvalue weighted by Gasteiger charge is -2.36. The average molecular weight is 883 g/mol. The molecular formula is C31H71I3NOSi+. The zero-order chi connectivity index (χ0) is 25.4. The van der Waals surface area contributed by atoms with E-state index in [-0.39, 0.29) is 71.9 Å². The number of unbranched alkanes of at least 4 members (excludes halogenated alkanes) is 18. The van der Waals surface area contributed by atoms with Crippen LogP contribution in [0.2, 0.25) is 19.1 Å². The van der Waals surface area contributed by atoms with Gasteiger partial charge in [-0.3, -0.25) is 0 Å². The number of nitrogens with zero attached hydrogens (tertiary/aromatic N) is 1. The van der Waals surface area contributed by atoms with E-state index in [1.165, 1.54) is 165 Å². The van der Waals surface area contributed by atoms with E-state index in [4.69, 9.17) is 4.43 Å². The van der Waals surface area contributed by atoms with Gasteiger partial charge in [0.25, 0.3) is 0 Å². The second-order valence-corrected chi connectivity index (χ2v) is 16.6. The number of hydrogen-bond donors (Lipinski definition) is 0. The van der Waals surface area contributed by atoms with Gasteiger partial charge in [0.05, 0.1) is 26.7 Å². The third-order valence-corrected chi connectivity index (χ3v) is 10.8. The van der Waals surface area contributed by atoms with Crippen LogP contribution < -0.4 is 0 Å². The SMILES string of the molecule is CCCCCCCCCCCC[N+](C)(CCCCCCCCCCCC)CCC[Si](C)(C)OC.I.I.I. The van der Waals surface area contributed by atoms with Gasteiger partial charge in [0.2, 0.25) is 0 Å². The minimum Gasteiger partial charge on any atom is -0.420 e. The molecule has 37 heavy (non-hydrogen) atoms. The zero-order valence-corrected chi connectivity index (χ0v) is 34.2. The molecule has 0 heterocycles. The van der Waals surface area contributed by atoms with Gasteiger partial charge < -0.3 is 8.91 Å². The molecule has 0 bridgehead atoms. The van der Waals surface area contributed by atoms with E-state index >= 15 is 0 Å². The van der Waals surface area contributed by atoms with Crippen LogP contribution in [0.4, 0.5) is 0 Å². The zero-order valence-electron chi connectivity index (χ0n) is 26.3. The molecule has 230 valence electrons. The molecule has 0 saturated heterocycles. The van der Waals surface area contributed by atoms with Gasteiger partial charge in [0.1, 0.15) is 0 Å². The van der Waals surface area contributed by atoms with Crippen molar-refractivity contribution in [2.24, 2.45) is 0 Å². The Kier molecular flexibility index (Phi) is 41.1. The summed E-state index contributed by atoms with van der Waals surface area (Å²) in [4.78, 5) is 0. The van der Waals surface area contributed by atoms with E-state index in [1.807, 2.05) is 7.11 Å². The van der Waals surface area contributed by atoms with E-state index in [1.54, 1.807) is 0 Å². The Morgan fingerprint density at radius 1 is 0.459 bits per heavy atom. The summed E-state index contributed by atoms with van der Waals surface area (Å²) in [5.41, 5.74) is 0. The van der Waals surface area contributed by atoms with Gasteiger partial charge in [-0.25, -0.2) is 0 Å². The predicted molar refractivity (Wildman–Crippen MR) is 205 cm³/mol. The van der Waals surface area contributed by atoms with Crippen molar-refractivity contribution in [3.8, 4) is 0 Å². The molecule has 0 aliphatic heterocycles. The molecule has 0 atom stereocenters. The van der Waals surface area contributed by atoms with Crippen LogP contribution in [0.3, 0.4) is 0 Å². The Morgan fingerprint density at radius 3 is 1.03 bits per heavy atom. The van der Waals surface area contributed by atoms with E-state index in [2.05, 4.69) is 34.0 Å². The summed E-state index contributed by atoms with van der Waals surface area (Å²) in [6, 6.07) is 1.31. The molecule has 0 rings (SSSR count). The summed E-state index contributed by atoms with van der Waals surface area (Å²) in [5, 5.41) is 0. The van der Waals surface area contributed by atoms with Crippen molar-refractivity contribution >= 4 is 80.2 Å². The van der Waals surface area contributed by atoms with Crippen molar-refractivity contribution in [1.29, 1.82) is 0 Å². The largest absolute Gasteiger partial charge is 0.420 e. The quantitative estimate of drug-likeness (QED) is 0.0346. The van der Waals surface area contributed by atoms with Crippen molar-refractivity contribution in [2.75, 3.05) is 33.8 Å². The Morgan fingerprint density at radius 2 is 0.730 bits per heavy atom. The second kappa shape index (κ2) is 32.8. The van der Waals surface area contributed by atoms with Crippen LogP contribution in [0.1, 0.15) is 149 Å². The summed E-state index contributed by atoms with van der Waals surface area (Å²) >= 11 is 0. The summed E-state index contributed by atoms with van der Waals surface area (Å²) in [7, 11) is 3.06. The van der Waals surface area contributed by atoms with E-state index in [0.29, 0.717) is 0 Å². The van der Waals surface area contributed by atoms with Crippen LogP contribution in [0, 0.1) is 0 Å². The van der Waals surface area contributed by atoms with Crippen LogP contribution in [0.25, 0.3) is 0 Å². The molecule has 0 amide bonds. The summed E-state index contributed by atoms with van der Waals surface area (Å²) in [6.45, 7) is 13.5. The lowest BCUT2D eigenvalue weighted by Crippen LogP contribution is -2.47. The van der Waals surface area contributed by atoms with Crippen molar-refractivity contribution in [3.05, 3.63) is 0 Å². The van der Waals surface area contributed by atoms with Crippen LogP contribution in [0.15, 0.2) is 0 Å². The molecule has 0 saturated carbocycles. The van der Waals surface area contributed by atoms with Crippen molar-refractivity contribution in [2.45, 2.75) is 168 Å². The third kappa shape index (κ3) is 32.7. The van der Waals surface area contributed by atoms with Crippen LogP contribution in [0.5, 0.6) is 0 Å². The lowest BCUT2D eigenvalue weighted by atomic mass is 10.1. The number of rotatable bonds is 27. The highest BCUT2D eigenvalue weighted by Crippen LogP contribution is 2.19. The third-order valence-electron chi connectivity index (χ3n) is 8.13. The second-order valence-electron chi connectivity index (χ2n) is 12.2. The van der Waals surface area contributed by atoms with Crippen LogP contribution in [-0.4, -0.2) is 46.6 Å². The molecule has 0 aromatic heterocycles. The maximum absolute atomic E-state index is 5.82. The van der Waals surface area contributed by atoms with Gasteiger partial charge in [-0.05, 0) is 51.2 Å². The minimum absolute atomic E-state index is 0. The van der Waals surface area contributed by atoms with Gasteiger partial charge in [-0.15, -0.1) is 71.9 Å². The first kappa shape index (κ1) is 46.3. The minimum atomic E-state index is -1.42. The summed E-state index contributed by atoms with van der Waals surface area (Å²) < 4.78 is 7.13. The summed E-state index contributed by atoms with van der Waals surface area (Å²) in [6.07, 6.45) is 30.2. The molecule has 0 fully saturated rings. The fraction of sp³-hybridized carbons (Fsp3) is 1.00. The van der Waals surface area contributed by atoms with Gasteiger partial charge >= 0.3 is 0 Å². The first-order valence-corrected chi connectivity index (χ1v) is 18.9. The molecule has 0 N–H and O–H groups in total. The van der Waals surface area contributed by atoms with Crippen LogP contribution >= 0.6 is 71.9 Å². The van der Waals surface area contributed by atoms with E-state index in [0.717, 1.165) is 0 Å². The lowest BCUT2D eigenvalue weighted by molar-refractivity contribution is -0.910. The Hall–Kier alpha value is 2.33. The molecule has 0 aliphatic rings. The molecule has 0 radical (unpaired) electrons. The first-order valence-electron chi connectivity index (χ1n) is 15.8. The highest BCUT2D eigenvalue weighted by molar-refractivity contribution is 14.0. The summed E-state index contributed by atoms with van der Waals surface area (Å²) in [5.74, 6) is 0. The normalized spacial score (nSPS) is 11.5. The van der Waals surface area contributed by atoms with Crippen molar-refractivity contribution in [1.82, 2.24) is 0 Å².